The molecule has 2 N–H and O–H groups in total. The molecular formula is C26H35F3N2O3S. The Morgan fingerprint density at radius 1 is 1.03 bits per heavy atom. The number of rotatable bonds is 13. The minimum absolute atomic E-state index is 0.0260. The van der Waals surface area contributed by atoms with Crippen LogP contribution in [-0.2, 0) is 30.3 Å². The maximum atomic E-state index is 13.8. The van der Waals surface area contributed by atoms with Crippen LogP contribution in [-0.4, -0.2) is 37.3 Å². The molecule has 2 heterocycles. The van der Waals surface area contributed by atoms with Gasteiger partial charge in [-0.3, -0.25) is 4.79 Å². The van der Waals surface area contributed by atoms with E-state index in [1.54, 1.807) is 6.07 Å². The van der Waals surface area contributed by atoms with Crippen LogP contribution in [0, 0.1) is 6.92 Å². The number of aryl methyl sites for hydroxylation is 2. The lowest BCUT2D eigenvalue weighted by Gasteiger charge is -2.12. The molecule has 1 atom stereocenters. The first-order chi connectivity index (χ1) is 16.7. The quantitative estimate of drug-likeness (QED) is 0.223. The molecule has 0 bridgehead atoms. The van der Waals surface area contributed by atoms with E-state index in [1.165, 1.54) is 0 Å². The minimum Gasteiger partial charge on any atom is -0.616 e. The minimum atomic E-state index is -4.62. The Hall–Kier alpha value is -1.97. The number of aliphatic hydroxyl groups is 1. The lowest BCUT2D eigenvalue weighted by atomic mass is 10.0. The Balaban J connectivity index is 1.70. The fourth-order valence-electron chi connectivity index (χ4n) is 5.00. The van der Waals surface area contributed by atoms with Crippen LogP contribution >= 0.6 is 0 Å². The Morgan fingerprint density at radius 3 is 2.31 bits per heavy atom. The number of halogens is 3. The van der Waals surface area contributed by atoms with Crippen molar-refractivity contribution in [3.05, 3.63) is 45.4 Å². The second-order valence-corrected chi connectivity index (χ2v) is 10.7. The van der Waals surface area contributed by atoms with Crippen LogP contribution in [0.1, 0.15) is 68.7 Å². The third-order valence-corrected chi connectivity index (χ3v) is 8.01. The molecule has 0 spiro atoms. The number of nitrogens with zero attached hydrogens (tertiary/aromatic N) is 1. The molecule has 2 aromatic heterocycles. The number of hydrogen-bond donors (Lipinski definition) is 2. The number of aromatic amines is 1. The molecule has 3 aromatic rings. The summed E-state index contributed by atoms with van der Waals surface area (Å²) >= 11 is -0.914. The molecule has 0 aliphatic heterocycles. The van der Waals surface area contributed by atoms with E-state index < -0.39 is 28.5 Å². The van der Waals surface area contributed by atoms with Crippen LogP contribution in [0.2, 0.25) is 0 Å². The molecule has 0 fully saturated rings. The maximum Gasteiger partial charge on any atom is 0.417 e. The number of hydrogen-bond acceptors (Lipinski definition) is 3. The van der Waals surface area contributed by atoms with Crippen LogP contribution < -0.4 is 5.56 Å². The van der Waals surface area contributed by atoms with Gasteiger partial charge in [0.15, 0.2) is 0 Å². The zero-order valence-electron chi connectivity index (χ0n) is 20.5. The highest BCUT2D eigenvalue weighted by Crippen LogP contribution is 2.39. The van der Waals surface area contributed by atoms with Gasteiger partial charge in [-0.1, -0.05) is 43.8 Å². The van der Waals surface area contributed by atoms with Crippen LogP contribution in [0.4, 0.5) is 13.2 Å². The molecule has 35 heavy (non-hydrogen) atoms. The zero-order chi connectivity index (χ0) is 25.6. The molecule has 1 unspecified atom stereocenters. The Morgan fingerprint density at radius 2 is 1.69 bits per heavy atom. The topological polar surface area (TPSA) is 81.1 Å². The number of benzene rings is 1. The van der Waals surface area contributed by atoms with Crippen LogP contribution in [0.3, 0.4) is 0 Å². The molecule has 5 nitrogen and oxygen atoms in total. The van der Waals surface area contributed by atoms with Crippen LogP contribution in [0.25, 0.3) is 21.8 Å². The Bertz CT molecular complexity index is 1190. The van der Waals surface area contributed by atoms with Gasteiger partial charge in [-0.2, -0.15) is 13.2 Å². The van der Waals surface area contributed by atoms with Gasteiger partial charge in [-0.15, -0.1) is 0 Å². The highest BCUT2D eigenvalue weighted by molar-refractivity contribution is 7.91. The third kappa shape index (κ3) is 6.62. The van der Waals surface area contributed by atoms with Crippen molar-refractivity contribution >= 4 is 33.0 Å². The monoisotopic (exact) mass is 512 g/mol. The fourth-order valence-corrected chi connectivity index (χ4v) is 5.93. The van der Waals surface area contributed by atoms with Gasteiger partial charge in [-0.05, 0) is 50.3 Å². The largest absolute Gasteiger partial charge is 0.616 e. The Labute approximate surface area is 206 Å². The number of unbranched alkanes of at least 4 members (excludes halogenated alkanes) is 6. The second-order valence-electron chi connectivity index (χ2n) is 9.05. The van der Waals surface area contributed by atoms with Gasteiger partial charge < -0.3 is 19.2 Å². The molecule has 3 rings (SSSR count). The van der Waals surface area contributed by atoms with Gasteiger partial charge in [0.1, 0.15) is 11.5 Å². The highest BCUT2D eigenvalue weighted by Gasteiger charge is 2.34. The first-order valence-corrected chi connectivity index (χ1v) is 13.9. The normalized spacial score (nSPS) is 13.2. The van der Waals surface area contributed by atoms with Gasteiger partial charge >= 0.3 is 6.18 Å². The van der Waals surface area contributed by atoms with Crippen molar-refractivity contribution in [2.45, 2.75) is 77.9 Å². The van der Waals surface area contributed by atoms with Crippen molar-refractivity contribution in [2.24, 2.45) is 0 Å². The van der Waals surface area contributed by atoms with E-state index in [2.05, 4.69) is 9.55 Å². The van der Waals surface area contributed by atoms with E-state index in [9.17, 15) is 22.5 Å². The summed E-state index contributed by atoms with van der Waals surface area (Å²) in [5.74, 6) is 1.01. The third-order valence-electron chi connectivity index (χ3n) is 6.62. The number of aliphatic hydroxyl groups excluding tert-OH is 1. The second kappa shape index (κ2) is 12.3. The zero-order valence-corrected chi connectivity index (χ0v) is 21.3. The summed E-state index contributed by atoms with van der Waals surface area (Å²) in [6.45, 7) is 4.60. The van der Waals surface area contributed by atoms with Crippen molar-refractivity contribution < 1.29 is 22.8 Å². The molecule has 1 aromatic carbocycles. The maximum absolute atomic E-state index is 13.8. The standard InChI is InChI=1S/C26H35F3N2O3S/c1-3-21-18(2)24-22(12-11-20-25(24)19(26(27,28)29)17-23(33)30-20)31(21)13-9-7-5-4-6-8-10-15-35(34)16-14-32/h11-12,17,32H,3-10,13-16H2,1-2H3,(H,30,33). The first kappa shape index (κ1) is 27.6. The number of H-pyrrole nitrogens is 1. The highest BCUT2D eigenvalue weighted by atomic mass is 32.2. The predicted molar refractivity (Wildman–Crippen MR) is 136 cm³/mol. The van der Waals surface area contributed by atoms with Crippen molar-refractivity contribution in [3.63, 3.8) is 0 Å². The number of alkyl halides is 3. The van der Waals surface area contributed by atoms with Crippen molar-refractivity contribution in [1.82, 2.24) is 9.55 Å². The molecule has 0 saturated heterocycles. The molecule has 0 saturated carbocycles. The van der Waals surface area contributed by atoms with Crippen molar-refractivity contribution in [3.8, 4) is 0 Å². The summed E-state index contributed by atoms with van der Waals surface area (Å²) in [5.41, 5.74) is 1.22. The van der Waals surface area contributed by atoms with Gasteiger partial charge in [0.25, 0.3) is 0 Å². The number of fused-ring (bicyclic) bond motifs is 3. The van der Waals surface area contributed by atoms with Crippen LogP contribution in [0.15, 0.2) is 23.0 Å². The van der Waals surface area contributed by atoms with E-state index in [4.69, 9.17) is 5.11 Å². The molecule has 0 aliphatic rings. The molecule has 0 amide bonds. The van der Waals surface area contributed by atoms with E-state index >= 15 is 0 Å². The van der Waals surface area contributed by atoms with Gasteiger partial charge in [0, 0.05) is 40.1 Å². The van der Waals surface area contributed by atoms with E-state index in [0.29, 0.717) is 29.4 Å². The van der Waals surface area contributed by atoms with Gasteiger partial charge in [0.2, 0.25) is 5.56 Å². The predicted octanol–water partition coefficient (Wildman–Crippen LogP) is 5.84. The summed E-state index contributed by atoms with van der Waals surface area (Å²) in [5, 5.41) is 9.42. The first-order valence-electron chi connectivity index (χ1n) is 12.4. The molecule has 0 aliphatic carbocycles. The summed E-state index contributed by atoms with van der Waals surface area (Å²) in [4.78, 5) is 14.4. The summed E-state index contributed by atoms with van der Waals surface area (Å²) in [6, 6.07) is 4.06. The van der Waals surface area contributed by atoms with Crippen molar-refractivity contribution in [1.29, 1.82) is 0 Å². The lowest BCUT2D eigenvalue weighted by Crippen LogP contribution is -2.14. The summed E-state index contributed by atoms with van der Waals surface area (Å²) in [6.07, 6.45) is 3.30. The van der Waals surface area contributed by atoms with E-state index in [0.717, 1.165) is 68.3 Å². The smallest absolute Gasteiger partial charge is 0.417 e. The molecule has 0 radical (unpaired) electrons. The molecular weight excluding hydrogens is 477 g/mol. The average Bonchev–Trinajstić information content (AvgIpc) is 3.07. The summed E-state index contributed by atoms with van der Waals surface area (Å²) < 4.78 is 55.2. The van der Waals surface area contributed by atoms with E-state index in [-0.39, 0.29) is 17.5 Å². The molecule has 194 valence electrons. The van der Waals surface area contributed by atoms with Crippen molar-refractivity contribution in [2.75, 3.05) is 18.1 Å². The number of aromatic nitrogens is 2. The van der Waals surface area contributed by atoms with E-state index in [1.807, 2.05) is 19.9 Å². The molecule has 9 heteroatoms. The summed E-state index contributed by atoms with van der Waals surface area (Å²) in [7, 11) is 0. The van der Waals surface area contributed by atoms with Gasteiger partial charge in [-0.25, -0.2) is 0 Å². The number of nitrogens with one attached hydrogen (secondary N) is 1. The fraction of sp³-hybridized carbons (Fsp3) is 0.577. The SMILES string of the molecule is CCc1c(C)c2c3c(C(F)(F)F)cc(=O)[nH]c3ccc2n1CCCCCCCCC[S+]([O-])CCO. The van der Waals surface area contributed by atoms with Crippen LogP contribution in [0.5, 0.6) is 0 Å². The average molecular weight is 513 g/mol. The van der Waals surface area contributed by atoms with Gasteiger partial charge in [0.05, 0.1) is 12.2 Å². The number of pyridine rings is 1. The lowest BCUT2D eigenvalue weighted by molar-refractivity contribution is -0.136. The Kier molecular flexibility index (Phi) is 9.72.